The van der Waals surface area contributed by atoms with Crippen molar-refractivity contribution in [3.05, 3.63) is 0 Å². The van der Waals surface area contributed by atoms with Gasteiger partial charge in [0.15, 0.2) is 0 Å². The predicted octanol–water partition coefficient (Wildman–Crippen LogP) is 11.8. The summed E-state index contributed by atoms with van der Waals surface area (Å²) in [4.78, 5) is 39.7. The topological polar surface area (TPSA) is 82.1 Å². The van der Waals surface area contributed by atoms with Crippen LogP contribution in [0.4, 0.5) is 0 Å². The Morgan fingerprint density at radius 3 is 1.21 bits per heavy atom. The molecule has 0 saturated heterocycles. The van der Waals surface area contributed by atoms with E-state index in [-0.39, 0.29) is 23.8 Å². The number of hydrogen-bond acceptors (Lipinski definition) is 7. The molecule has 308 valence electrons. The summed E-state index contributed by atoms with van der Waals surface area (Å²) in [6, 6.07) is 0. The molecule has 3 atom stereocenters. The van der Waals surface area contributed by atoms with Crippen molar-refractivity contribution in [3.8, 4) is 0 Å². The molecule has 0 aliphatic carbocycles. The summed E-state index contributed by atoms with van der Waals surface area (Å²) < 4.78 is 17.0. The Bertz CT molecular complexity index is 870. The Labute approximate surface area is 322 Å². The number of unbranched alkanes of at least 4 members (excludes halogenated alkanes) is 10. The van der Waals surface area contributed by atoms with Gasteiger partial charge in [0.1, 0.15) is 0 Å². The van der Waals surface area contributed by atoms with Gasteiger partial charge in [-0.2, -0.15) is 0 Å². The van der Waals surface area contributed by atoms with Crippen LogP contribution in [0.5, 0.6) is 0 Å². The van der Waals surface area contributed by atoms with Crippen LogP contribution in [-0.4, -0.2) is 63.3 Å². The summed E-state index contributed by atoms with van der Waals surface area (Å²) >= 11 is 0. The van der Waals surface area contributed by atoms with Gasteiger partial charge in [-0.15, -0.1) is 0 Å². The second-order valence-electron chi connectivity index (χ2n) is 17.7. The highest BCUT2D eigenvalue weighted by Gasteiger charge is 2.20. The van der Waals surface area contributed by atoms with Gasteiger partial charge in [-0.3, -0.25) is 14.4 Å². The minimum absolute atomic E-state index is 0.0226. The number of ether oxygens (including phenoxy) is 3. The van der Waals surface area contributed by atoms with E-state index in [1.54, 1.807) is 0 Å². The fraction of sp³-hybridized carbons (Fsp3) is 0.933. The maximum absolute atomic E-state index is 13.0. The van der Waals surface area contributed by atoms with E-state index in [4.69, 9.17) is 14.2 Å². The standard InChI is InChI=1S/C45H87NO6/c1-36(2)28-30-41(38(5)6)34-51-43(47)26-21-17-13-11-12-15-19-24-40(45(49)50-33-23-32-46(9)10)25-20-16-14-18-22-27-44(48)52-35-42(39(7)8)31-29-37(3)4/h36-42H,11-35H2,1-10H3. The molecule has 0 heterocycles. The van der Waals surface area contributed by atoms with Crippen LogP contribution >= 0.6 is 0 Å². The van der Waals surface area contributed by atoms with Crippen LogP contribution in [0.1, 0.15) is 190 Å². The van der Waals surface area contributed by atoms with E-state index in [9.17, 15) is 14.4 Å². The van der Waals surface area contributed by atoms with Crippen molar-refractivity contribution < 1.29 is 28.6 Å². The number of carbonyl (C=O) groups is 3. The zero-order valence-corrected chi connectivity index (χ0v) is 36.1. The van der Waals surface area contributed by atoms with Crippen LogP contribution in [-0.2, 0) is 28.6 Å². The van der Waals surface area contributed by atoms with E-state index < -0.39 is 0 Å². The van der Waals surface area contributed by atoms with E-state index in [0.717, 1.165) is 103 Å². The maximum atomic E-state index is 13.0. The second kappa shape index (κ2) is 32.8. The molecule has 7 nitrogen and oxygen atoms in total. The molecule has 0 bridgehead atoms. The predicted molar refractivity (Wildman–Crippen MR) is 218 cm³/mol. The molecule has 0 rings (SSSR count). The SMILES string of the molecule is CC(C)CCC(COC(=O)CCCCCCCCCC(CCCCCCCC(=O)OCC(CCC(C)C)C(C)C)C(=O)OCCCN(C)C)C(C)C. The number of esters is 3. The molecule has 7 heteroatoms. The van der Waals surface area contributed by atoms with E-state index in [1.165, 1.54) is 25.7 Å². The molecule has 0 aromatic rings. The zero-order valence-electron chi connectivity index (χ0n) is 36.1. The molecule has 0 amide bonds. The first-order chi connectivity index (χ1) is 24.7. The quantitative estimate of drug-likeness (QED) is 0.0364. The summed E-state index contributed by atoms with van der Waals surface area (Å²) in [5.74, 6) is 3.17. The summed E-state index contributed by atoms with van der Waals surface area (Å²) in [5.41, 5.74) is 0. The number of hydrogen-bond donors (Lipinski definition) is 0. The molecular weight excluding hydrogens is 650 g/mol. The minimum atomic E-state index is -0.0602. The van der Waals surface area contributed by atoms with Gasteiger partial charge < -0.3 is 19.1 Å². The fourth-order valence-electron chi connectivity index (χ4n) is 6.64. The number of nitrogens with zero attached hydrogens (tertiary/aromatic N) is 1. The molecule has 0 radical (unpaired) electrons. The van der Waals surface area contributed by atoms with E-state index >= 15 is 0 Å². The van der Waals surface area contributed by atoms with Crippen LogP contribution < -0.4 is 0 Å². The molecule has 3 unspecified atom stereocenters. The summed E-state index contributed by atoms with van der Waals surface area (Å²) in [5, 5.41) is 0. The largest absolute Gasteiger partial charge is 0.465 e. The summed E-state index contributed by atoms with van der Waals surface area (Å²) in [7, 11) is 4.08. The Kier molecular flexibility index (Phi) is 31.7. The lowest BCUT2D eigenvalue weighted by atomic mass is 9.89. The van der Waals surface area contributed by atoms with Gasteiger partial charge in [0, 0.05) is 19.4 Å². The lowest BCUT2D eigenvalue weighted by Crippen LogP contribution is -2.21. The van der Waals surface area contributed by atoms with E-state index in [1.807, 2.05) is 14.1 Å². The second-order valence-corrected chi connectivity index (χ2v) is 17.7. The third-order valence-corrected chi connectivity index (χ3v) is 10.7. The van der Waals surface area contributed by atoms with Crippen molar-refractivity contribution in [2.75, 3.05) is 40.5 Å². The fourth-order valence-corrected chi connectivity index (χ4v) is 6.64. The molecule has 0 aliphatic rings. The Morgan fingerprint density at radius 2 is 0.846 bits per heavy atom. The Morgan fingerprint density at radius 1 is 0.462 bits per heavy atom. The van der Waals surface area contributed by atoms with E-state index in [2.05, 4.69) is 60.3 Å². The molecule has 0 saturated carbocycles. The number of rotatable bonds is 35. The summed E-state index contributed by atoms with van der Waals surface area (Å²) in [6.07, 6.45) is 21.0. The normalized spacial score (nSPS) is 13.7. The highest BCUT2D eigenvalue weighted by Crippen LogP contribution is 2.24. The minimum Gasteiger partial charge on any atom is -0.465 e. The molecule has 0 aliphatic heterocycles. The lowest BCUT2D eigenvalue weighted by Gasteiger charge is -2.21. The van der Waals surface area contributed by atoms with E-state index in [0.29, 0.717) is 68.2 Å². The highest BCUT2D eigenvalue weighted by molar-refractivity contribution is 5.72. The van der Waals surface area contributed by atoms with Gasteiger partial charge in [0.25, 0.3) is 0 Å². The monoisotopic (exact) mass is 738 g/mol. The van der Waals surface area contributed by atoms with Gasteiger partial charge in [0.05, 0.1) is 25.7 Å². The van der Waals surface area contributed by atoms with Gasteiger partial charge in [-0.05, 0) is 94.5 Å². The number of carbonyl (C=O) groups excluding carboxylic acids is 3. The average molecular weight is 738 g/mol. The van der Waals surface area contributed by atoms with Crippen LogP contribution in [0.25, 0.3) is 0 Å². The first-order valence-corrected chi connectivity index (χ1v) is 21.8. The van der Waals surface area contributed by atoms with Crippen molar-refractivity contribution in [2.45, 2.75) is 190 Å². The van der Waals surface area contributed by atoms with Gasteiger partial charge in [-0.25, -0.2) is 0 Å². The molecule has 0 N–H and O–H groups in total. The van der Waals surface area contributed by atoms with Crippen molar-refractivity contribution in [2.24, 2.45) is 41.4 Å². The highest BCUT2D eigenvalue weighted by atomic mass is 16.5. The van der Waals surface area contributed by atoms with Crippen LogP contribution in [0.15, 0.2) is 0 Å². The van der Waals surface area contributed by atoms with Crippen molar-refractivity contribution in [3.63, 3.8) is 0 Å². The van der Waals surface area contributed by atoms with Gasteiger partial charge in [-0.1, -0.05) is 132 Å². The van der Waals surface area contributed by atoms with Crippen LogP contribution in [0, 0.1) is 41.4 Å². The Hall–Kier alpha value is -1.63. The van der Waals surface area contributed by atoms with Crippen LogP contribution in [0.2, 0.25) is 0 Å². The van der Waals surface area contributed by atoms with Gasteiger partial charge >= 0.3 is 17.9 Å². The third kappa shape index (κ3) is 30.8. The molecule has 0 aromatic heterocycles. The van der Waals surface area contributed by atoms with Crippen molar-refractivity contribution in [1.82, 2.24) is 4.90 Å². The molecular formula is C45H87NO6. The summed E-state index contributed by atoms with van der Waals surface area (Å²) in [6.45, 7) is 20.4. The maximum Gasteiger partial charge on any atom is 0.308 e. The molecule has 0 aromatic carbocycles. The third-order valence-electron chi connectivity index (χ3n) is 10.7. The Balaban J connectivity index is 4.31. The smallest absolute Gasteiger partial charge is 0.308 e. The van der Waals surface area contributed by atoms with Crippen molar-refractivity contribution in [1.29, 1.82) is 0 Å². The molecule has 0 fully saturated rings. The van der Waals surface area contributed by atoms with Crippen LogP contribution in [0.3, 0.4) is 0 Å². The van der Waals surface area contributed by atoms with Gasteiger partial charge in [0.2, 0.25) is 0 Å². The molecule has 52 heavy (non-hydrogen) atoms. The first kappa shape index (κ1) is 50.4. The van der Waals surface area contributed by atoms with Crippen molar-refractivity contribution >= 4 is 17.9 Å². The first-order valence-electron chi connectivity index (χ1n) is 21.8. The average Bonchev–Trinajstić information content (AvgIpc) is 3.07. The lowest BCUT2D eigenvalue weighted by molar-refractivity contribution is -0.149. The molecule has 0 spiro atoms. The zero-order chi connectivity index (χ0) is 39.1.